The molecule has 3 rings (SSSR count). The number of rotatable bonds is 0. The molecule has 2 aliphatic rings. The van der Waals surface area contributed by atoms with Crippen molar-refractivity contribution >= 4 is 27.7 Å². The van der Waals surface area contributed by atoms with E-state index in [4.69, 9.17) is 10.5 Å². The zero-order valence-corrected chi connectivity index (χ0v) is 12.9. The monoisotopic (exact) mass is 327 g/mol. The standard InChI is InChI=1S/C14H18BrNOS/c1-9-14(5-2-6-18-9)8-12(16)11-4-3-10(15)7-13(11)17-14/h3-4,7,9,12H,2,5-6,8,16H2,1H3/t9?,12-,14?/m0/s1. The molecule has 1 spiro atoms. The Hall–Kier alpha value is -0.190. The Balaban J connectivity index is 1.99. The number of ether oxygens (including phenoxy) is 1. The van der Waals surface area contributed by atoms with Gasteiger partial charge < -0.3 is 10.5 Å². The van der Waals surface area contributed by atoms with Crippen LogP contribution in [0, 0.1) is 0 Å². The van der Waals surface area contributed by atoms with Crippen molar-refractivity contribution in [3.63, 3.8) is 0 Å². The molecule has 0 bridgehead atoms. The van der Waals surface area contributed by atoms with Crippen molar-refractivity contribution in [2.24, 2.45) is 5.73 Å². The Labute approximate surface area is 121 Å². The van der Waals surface area contributed by atoms with Gasteiger partial charge in [0.05, 0.1) is 0 Å². The highest BCUT2D eigenvalue weighted by atomic mass is 79.9. The summed E-state index contributed by atoms with van der Waals surface area (Å²) in [5.41, 5.74) is 7.45. The second kappa shape index (κ2) is 4.73. The van der Waals surface area contributed by atoms with Crippen LogP contribution in [-0.2, 0) is 0 Å². The summed E-state index contributed by atoms with van der Waals surface area (Å²) in [6.45, 7) is 2.28. The topological polar surface area (TPSA) is 35.2 Å². The van der Waals surface area contributed by atoms with Gasteiger partial charge in [0, 0.05) is 27.7 Å². The van der Waals surface area contributed by atoms with Gasteiger partial charge in [-0.1, -0.05) is 22.0 Å². The molecule has 1 saturated heterocycles. The van der Waals surface area contributed by atoms with E-state index >= 15 is 0 Å². The van der Waals surface area contributed by atoms with Crippen LogP contribution in [0.25, 0.3) is 0 Å². The second-order valence-corrected chi connectivity index (χ2v) is 7.64. The average molecular weight is 328 g/mol. The summed E-state index contributed by atoms with van der Waals surface area (Å²) in [4.78, 5) is 0. The number of fused-ring (bicyclic) bond motifs is 1. The summed E-state index contributed by atoms with van der Waals surface area (Å²) in [6, 6.07) is 6.28. The lowest BCUT2D eigenvalue weighted by molar-refractivity contribution is 0.0255. The fourth-order valence-corrected chi connectivity index (χ4v) is 4.61. The van der Waals surface area contributed by atoms with Crippen LogP contribution in [0.1, 0.15) is 37.8 Å². The lowest BCUT2D eigenvalue weighted by Crippen LogP contribution is -2.51. The first-order valence-corrected chi connectivity index (χ1v) is 8.30. The zero-order chi connectivity index (χ0) is 12.8. The van der Waals surface area contributed by atoms with Crippen LogP contribution in [0.2, 0.25) is 0 Å². The maximum atomic E-state index is 6.39. The largest absolute Gasteiger partial charge is 0.486 e. The molecule has 0 aliphatic carbocycles. The molecule has 0 radical (unpaired) electrons. The fraction of sp³-hybridized carbons (Fsp3) is 0.571. The molecule has 2 N–H and O–H groups in total. The smallest absolute Gasteiger partial charge is 0.126 e. The second-order valence-electron chi connectivity index (χ2n) is 5.28. The Bertz CT molecular complexity index is 467. The molecule has 1 aromatic carbocycles. The molecule has 0 amide bonds. The molecule has 18 heavy (non-hydrogen) atoms. The summed E-state index contributed by atoms with van der Waals surface area (Å²) in [5, 5.41) is 0.518. The molecule has 4 heteroatoms. The molecular weight excluding hydrogens is 310 g/mol. The van der Waals surface area contributed by atoms with Crippen LogP contribution >= 0.6 is 27.7 Å². The highest BCUT2D eigenvalue weighted by Gasteiger charge is 2.45. The van der Waals surface area contributed by atoms with E-state index in [1.807, 2.05) is 17.8 Å². The Morgan fingerprint density at radius 1 is 1.50 bits per heavy atom. The zero-order valence-electron chi connectivity index (χ0n) is 10.5. The van der Waals surface area contributed by atoms with E-state index in [0.717, 1.165) is 28.6 Å². The van der Waals surface area contributed by atoms with Crippen molar-refractivity contribution in [3.05, 3.63) is 28.2 Å². The van der Waals surface area contributed by atoms with E-state index in [1.165, 1.54) is 12.2 Å². The van der Waals surface area contributed by atoms with Gasteiger partial charge in [0.25, 0.3) is 0 Å². The van der Waals surface area contributed by atoms with Crippen molar-refractivity contribution in [1.82, 2.24) is 0 Å². The van der Waals surface area contributed by atoms with Gasteiger partial charge in [-0.3, -0.25) is 0 Å². The van der Waals surface area contributed by atoms with E-state index in [9.17, 15) is 0 Å². The SMILES string of the molecule is CC1SCCCC12C[C@H](N)c1ccc(Br)cc1O2. The molecule has 3 atom stereocenters. The summed E-state index contributed by atoms with van der Waals surface area (Å²) in [5.74, 6) is 2.21. The lowest BCUT2D eigenvalue weighted by atomic mass is 9.82. The number of thioether (sulfide) groups is 1. The van der Waals surface area contributed by atoms with Crippen LogP contribution in [0.4, 0.5) is 0 Å². The highest BCUT2D eigenvalue weighted by molar-refractivity contribution is 9.10. The van der Waals surface area contributed by atoms with E-state index in [0.29, 0.717) is 5.25 Å². The summed E-state index contributed by atoms with van der Waals surface area (Å²) >= 11 is 5.52. The summed E-state index contributed by atoms with van der Waals surface area (Å²) < 4.78 is 7.45. The number of hydrogen-bond acceptors (Lipinski definition) is 3. The van der Waals surface area contributed by atoms with Crippen LogP contribution < -0.4 is 10.5 Å². The number of benzene rings is 1. The van der Waals surface area contributed by atoms with Gasteiger partial charge in [-0.25, -0.2) is 0 Å². The van der Waals surface area contributed by atoms with Gasteiger partial charge in [0.15, 0.2) is 0 Å². The van der Waals surface area contributed by atoms with Crippen molar-refractivity contribution < 1.29 is 4.74 Å². The third-order valence-electron chi connectivity index (χ3n) is 4.11. The van der Waals surface area contributed by atoms with Crippen molar-refractivity contribution in [2.45, 2.75) is 43.1 Å². The van der Waals surface area contributed by atoms with E-state index < -0.39 is 0 Å². The molecule has 0 aromatic heterocycles. The van der Waals surface area contributed by atoms with Gasteiger partial charge >= 0.3 is 0 Å². The highest BCUT2D eigenvalue weighted by Crippen LogP contribution is 2.48. The molecule has 0 saturated carbocycles. The first kappa shape index (κ1) is 12.8. The Kier molecular flexibility index (Phi) is 3.37. The van der Waals surface area contributed by atoms with Crippen molar-refractivity contribution in [1.29, 1.82) is 0 Å². The van der Waals surface area contributed by atoms with Crippen LogP contribution in [0.3, 0.4) is 0 Å². The molecule has 1 aromatic rings. The van der Waals surface area contributed by atoms with Gasteiger partial charge in [0.1, 0.15) is 11.4 Å². The Morgan fingerprint density at radius 2 is 2.33 bits per heavy atom. The van der Waals surface area contributed by atoms with Crippen LogP contribution in [0.5, 0.6) is 5.75 Å². The molecular formula is C14H18BrNOS. The average Bonchev–Trinajstić information content (AvgIpc) is 2.32. The third kappa shape index (κ3) is 2.08. The first-order chi connectivity index (χ1) is 8.61. The van der Waals surface area contributed by atoms with E-state index in [-0.39, 0.29) is 11.6 Å². The van der Waals surface area contributed by atoms with Crippen LogP contribution in [-0.4, -0.2) is 16.6 Å². The third-order valence-corrected chi connectivity index (χ3v) is 6.05. The predicted molar refractivity (Wildman–Crippen MR) is 80.2 cm³/mol. The fourth-order valence-electron chi connectivity index (χ4n) is 3.03. The molecule has 2 heterocycles. The van der Waals surface area contributed by atoms with Gasteiger partial charge in [-0.15, -0.1) is 0 Å². The Morgan fingerprint density at radius 3 is 3.11 bits per heavy atom. The van der Waals surface area contributed by atoms with E-state index in [2.05, 4.69) is 35.0 Å². The minimum atomic E-state index is -0.0594. The van der Waals surface area contributed by atoms with Crippen molar-refractivity contribution in [3.8, 4) is 5.75 Å². The molecule has 2 unspecified atom stereocenters. The van der Waals surface area contributed by atoms with Gasteiger partial charge in [-0.2, -0.15) is 11.8 Å². The summed E-state index contributed by atoms with van der Waals surface area (Å²) in [7, 11) is 0. The van der Waals surface area contributed by atoms with Crippen LogP contribution in [0.15, 0.2) is 22.7 Å². The number of hydrogen-bond donors (Lipinski definition) is 1. The molecule has 2 nitrogen and oxygen atoms in total. The normalized spacial score (nSPS) is 35.1. The minimum Gasteiger partial charge on any atom is -0.486 e. The predicted octanol–water partition coefficient (Wildman–Crippen LogP) is 3.89. The molecule has 2 aliphatic heterocycles. The van der Waals surface area contributed by atoms with E-state index in [1.54, 1.807) is 0 Å². The van der Waals surface area contributed by atoms with Crippen molar-refractivity contribution in [2.75, 3.05) is 5.75 Å². The van der Waals surface area contributed by atoms with Gasteiger partial charge in [-0.05, 0) is 37.7 Å². The lowest BCUT2D eigenvalue weighted by Gasteiger charge is -2.47. The maximum absolute atomic E-state index is 6.39. The first-order valence-electron chi connectivity index (χ1n) is 6.46. The molecule has 98 valence electrons. The summed E-state index contributed by atoms with van der Waals surface area (Å²) in [6.07, 6.45) is 3.29. The number of nitrogens with two attached hydrogens (primary N) is 1. The maximum Gasteiger partial charge on any atom is 0.126 e. The minimum absolute atomic E-state index is 0.0594. The quantitative estimate of drug-likeness (QED) is 0.785. The number of halogens is 1. The van der Waals surface area contributed by atoms with Gasteiger partial charge in [0.2, 0.25) is 0 Å². The molecule has 1 fully saturated rings.